The molecule has 1 amide bonds. The second-order valence-corrected chi connectivity index (χ2v) is 6.26. The third-order valence-corrected chi connectivity index (χ3v) is 4.75. The summed E-state index contributed by atoms with van der Waals surface area (Å²) in [4.78, 5) is 20.6. The first-order chi connectivity index (χ1) is 12.8. The summed E-state index contributed by atoms with van der Waals surface area (Å²) in [5, 5.41) is 0. The number of aromatic nitrogens is 2. The van der Waals surface area contributed by atoms with E-state index in [4.69, 9.17) is 4.74 Å². The average Bonchev–Trinajstić information content (AvgIpc) is 3.08. The molecular weight excluding hydrogens is 328 g/mol. The molecule has 134 valence electrons. The average molecular weight is 350 g/mol. The molecule has 3 aromatic rings. The predicted octanol–water partition coefficient (Wildman–Crippen LogP) is 3.03. The minimum absolute atomic E-state index is 0.754. The van der Waals surface area contributed by atoms with Gasteiger partial charge in [0.1, 0.15) is 11.5 Å². The van der Waals surface area contributed by atoms with E-state index in [-0.39, 0.29) is 0 Å². The molecule has 0 unspecified atom stereocenters. The van der Waals surface area contributed by atoms with Crippen molar-refractivity contribution in [1.29, 1.82) is 0 Å². The first kappa shape index (κ1) is 16.6. The quantitative estimate of drug-likeness (QED) is 0.664. The van der Waals surface area contributed by atoms with E-state index >= 15 is 0 Å². The lowest BCUT2D eigenvalue weighted by atomic mass is 10.2. The third-order valence-electron chi connectivity index (χ3n) is 4.75. The molecule has 26 heavy (non-hydrogen) atoms. The van der Waals surface area contributed by atoms with Gasteiger partial charge in [-0.3, -0.25) is 14.1 Å². The molecule has 0 spiro atoms. The van der Waals surface area contributed by atoms with Crippen LogP contribution in [-0.2, 0) is 16.0 Å². The van der Waals surface area contributed by atoms with Gasteiger partial charge in [-0.2, -0.15) is 0 Å². The highest BCUT2D eigenvalue weighted by atomic mass is 16.5. The molecule has 0 saturated carbocycles. The molecule has 1 aliphatic rings. The molecule has 0 bridgehead atoms. The Labute approximate surface area is 152 Å². The zero-order valence-corrected chi connectivity index (χ0v) is 14.8. The number of hydrogen-bond acceptors (Lipinski definition) is 4. The van der Waals surface area contributed by atoms with Crippen LogP contribution in [0, 0.1) is 0 Å². The molecule has 1 aliphatic heterocycles. The fraction of sp³-hybridized carbons (Fsp3) is 0.300. The predicted molar refractivity (Wildman–Crippen MR) is 102 cm³/mol. The molecule has 1 saturated heterocycles. The summed E-state index contributed by atoms with van der Waals surface area (Å²) in [6, 6.07) is 13.9. The monoisotopic (exact) mass is 350 g/mol. The van der Waals surface area contributed by atoms with Crippen LogP contribution in [-0.4, -0.2) is 42.1 Å². The van der Waals surface area contributed by atoms with Crippen molar-refractivity contribution in [3.63, 3.8) is 0 Å². The molecule has 0 N–H and O–H groups in total. The number of hydrogen-bond donors (Lipinski definition) is 0. The Balaban J connectivity index is 1.70. The number of nitrogens with zero attached hydrogens (tertiary/aromatic N) is 4. The highest BCUT2D eigenvalue weighted by Gasteiger charge is 2.19. The molecule has 3 heterocycles. The van der Waals surface area contributed by atoms with Gasteiger partial charge >= 0.3 is 0 Å². The zero-order valence-electron chi connectivity index (χ0n) is 14.8. The van der Waals surface area contributed by atoms with E-state index in [1.165, 1.54) is 0 Å². The molecule has 1 aromatic carbocycles. The van der Waals surface area contributed by atoms with Crippen molar-refractivity contribution in [2.45, 2.75) is 13.3 Å². The maximum atomic E-state index is 12.0. The van der Waals surface area contributed by atoms with Crippen LogP contribution in [0.3, 0.4) is 0 Å². The van der Waals surface area contributed by atoms with Crippen LogP contribution in [0.2, 0.25) is 0 Å². The smallest absolute Gasteiger partial charge is 0.219 e. The normalized spacial score (nSPS) is 14.6. The molecule has 6 nitrogen and oxygen atoms in total. The lowest BCUT2D eigenvalue weighted by Gasteiger charge is -2.29. The summed E-state index contributed by atoms with van der Waals surface area (Å²) in [6.07, 6.45) is 3.56. The molecule has 2 aromatic heterocycles. The number of fused-ring (bicyclic) bond motifs is 1. The lowest BCUT2D eigenvalue weighted by molar-refractivity contribution is -0.106. The standard InChI is InChI=1S/C20H22N4O2/c1-2-18-20(23-10-4-3-5-19(23)21-18)24(15-25)17-8-6-16(7-9-17)22-11-13-26-14-12-22/h3-10,15H,2,11-14H2,1H3. The van der Waals surface area contributed by atoms with Crippen molar-refractivity contribution >= 4 is 29.2 Å². The Morgan fingerprint density at radius 1 is 1.15 bits per heavy atom. The lowest BCUT2D eigenvalue weighted by Crippen LogP contribution is -2.36. The summed E-state index contributed by atoms with van der Waals surface area (Å²) in [6.45, 7) is 5.34. The van der Waals surface area contributed by atoms with E-state index in [0.29, 0.717) is 0 Å². The number of anilines is 3. The maximum Gasteiger partial charge on any atom is 0.219 e. The van der Waals surface area contributed by atoms with Crippen LogP contribution < -0.4 is 9.80 Å². The topological polar surface area (TPSA) is 50.1 Å². The fourth-order valence-electron chi connectivity index (χ4n) is 3.40. The first-order valence-electron chi connectivity index (χ1n) is 8.95. The van der Waals surface area contributed by atoms with E-state index < -0.39 is 0 Å². The Morgan fingerprint density at radius 3 is 2.62 bits per heavy atom. The fourth-order valence-corrected chi connectivity index (χ4v) is 3.40. The second-order valence-electron chi connectivity index (χ2n) is 6.26. The van der Waals surface area contributed by atoms with Gasteiger partial charge in [0.2, 0.25) is 6.41 Å². The number of amides is 1. The highest BCUT2D eigenvalue weighted by Crippen LogP contribution is 2.30. The Morgan fingerprint density at radius 2 is 1.92 bits per heavy atom. The Bertz CT molecular complexity index is 898. The van der Waals surface area contributed by atoms with Crippen molar-refractivity contribution < 1.29 is 9.53 Å². The van der Waals surface area contributed by atoms with E-state index in [0.717, 1.165) is 67.7 Å². The molecule has 0 radical (unpaired) electrons. The summed E-state index contributed by atoms with van der Waals surface area (Å²) >= 11 is 0. The van der Waals surface area contributed by atoms with Crippen molar-refractivity contribution in [2.75, 3.05) is 36.1 Å². The largest absolute Gasteiger partial charge is 0.378 e. The molecule has 1 fully saturated rings. The van der Waals surface area contributed by atoms with Gasteiger partial charge in [0.15, 0.2) is 0 Å². The third kappa shape index (κ3) is 2.93. The molecule has 6 heteroatoms. The number of carbonyl (C=O) groups excluding carboxylic acids is 1. The number of imidazole rings is 1. The minimum Gasteiger partial charge on any atom is -0.378 e. The van der Waals surface area contributed by atoms with Gasteiger partial charge in [0.05, 0.1) is 24.6 Å². The SMILES string of the molecule is CCc1nc2ccccn2c1N(C=O)c1ccc(N2CCOCC2)cc1. The Kier molecular flexibility index (Phi) is 4.58. The number of benzene rings is 1. The number of pyridine rings is 1. The summed E-state index contributed by atoms with van der Waals surface area (Å²) in [5.41, 5.74) is 3.73. The molecule has 0 atom stereocenters. The summed E-state index contributed by atoms with van der Waals surface area (Å²) in [7, 11) is 0. The van der Waals surface area contributed by atoms with E-state index in [2.05, 4.69) is 28.9 Å². The van der Waals surface area contributed by atoms with Crippen molar-refractivity contribution in [2.24, 2.45) is 0 Å². The number of rotatable bonds is 5. The van der Waals surface area contributed by atoms with Crippen LogP contribution in [0.25, 0.3) is 5.65 Å². The van der Waals surface area contributed by atoms with E-state index in [1.54, 1.807) is 4.90 Å². The van der Waals surface area contributed by atoms with Crippen LogP contribution in [0.4, 0.5) is 17.2 Å². The van der Waals surface area contributed by atoms with Gasteiger partial charge in [-0.25, -0.2) is 4.98 Å². The van der Waals surface area contributed by atoms with E-state index in [9.17, 15) is 4.79 Å². The van der Waals surface area contributed by atoms with Crippen LogP contribution in [0.1, 0.15) is 12.6 Å². The number of carbonyl (C=O) groups is 1. The van der Waals surface area contributed by atoms with Gasteiger partial charge < -0.3 is 9.64 Å². The van der Waals surface area contributed by atoms with Crippen molar-refractivity contribution in [1.82, 2.24) is 9.38 Å². The Hall–Kier alpha value is -2.86. The zero-order chi connectivity index (χ0) is 17.9. The van der Waals surface area contributed by atoms with Crippen LogP contribution in [0.5, 0.6) is 0 Å². The van der Waals surface area contributed by atoms with Crippen LogP contribution in [0.15, 0.2) is 48.7 Å². The number of aryl methyl sites for hydroxylation is 1. The van der Waals surface area contributed by atoms with Gasteiger partial charge in [0, 0.05) is 25.0 Å². The van der Waals surface area contributed by atoms with Gasteiger partial charge in [0.25, 0.3) is 0 Å². The van der Waals surface area contributed by atoms with Gasteiger partial charge in [-0.15, -0.1) is 0 Å². The highest BCUT2D eigenvalue weighted by molar-refractivity contribution is 5.87. The maximum absolute atomic E-state index is 12.0. The molecule has 4 rings (SSSR count). The number of ether oxygens (including phenoxy) is 1. The summed E-state index contributed by atoms with van der Waals surface area (Å²) in [5.74, 6) is 0.803. The first-order valence-corrected chi connectivity index (χ1v) is 8.95. The van der Waals surface area contributed by atoms with Gasteiger partial charge in [-0.05, 0) is 42.8 Å². The van der Waals surface area contributed by atoms with Crippen molar-refractivity contribution in [3.8, 4) is 0 Å². The molecular formula is C20H22N4O2. The second kappa shape index (κ2) is 7.17. The summed E-state index contributed by atoms with van der Waals surface area (Å²) < 4.78 is 7.37. The molecule has 0 aliphatic carbocycles. The van der Waals surface area contributed by atoms with E-state index in [1.807, 2.05) is 40.9 Å². The van der Waals surface area contributed by atoms with Crippen molar-refractivity contribution in [3.05, 3.63) is 54.4 Å². The minimum atomic E-state index is 0.754. The van der Waals surface area contributed by atoms with Crippen LogP contribution >= 0.6 is 0 Å². The number of morpholine rings is 1. The van der Waals surface area contributed by atoms with Gasteiger partial charge in [-0.1, -0.05) is 13.0 Å².